The van der Waals surface area contributed by atoms with E-state index in [4.69, 9.17) is 0 Å². The van der Waals surface area contributed by atoms with Gasteiger partial charge in [0.15, 0.2) is 5.13 Å². The number of aromatic nitrogens is 1. The van der Waals surface area contributed by atoms with Crippen molar-refractivity contribution in [2.75, 3.05) is 24.5 Å². The van der Waals surface area contributed by atoms with Crippen molar-refractivity contribution >= 4 is 22.4 Å². The molecule has 0 radical (unpaired) electrons. The number of aliphatic hydroxyl groups is 1. The fraction of sp³-hybridized carbons (Fsp3) is 0.667. The highest BCUT2D eigenvalue weighted by molar-refractivity contribution is 7.15. The number of amides is 1. The van der Waals surface area contributed by atoms with Gasteiger partial charge in [-0.15, -0.1) is 11.3 Å². The molecule has 0 saturated carbocycles. The Morgan fingerprint density at radius 3 is 3.11 bits per heavy atom. The normalized spacial score (nSPS) is 24.4. The standard InChI is InChI=1S/C12H17N3O2S/c16-8-2-1-3-9-11(8)14-12(18-9)15-6-4-10(17)13-5-7-15/h8,16H,1-7H2,(H,13,17). The predicted molar refractivity (Wildman–Crippen MR) is 69.9 cm³/mol. The van der Waals surface area contributed by atoms with Crippen molar-refractivity contribution in [3.8, 4) is 0 Å². The van der Waals surface area contributed by atoms with Gasteiger partial charge in [-0.2, -0.15) is 0 Å². The van der Waals surface area contributed by atoms with E-state index in [1.54, 1.807) is 11.3 Å². The van der Waals surface area contributed by atoms with E-state index in [1.165, 1.54) is 4.88 Å². The second-order valence-corrected chi connectivity index (χ2v) is 5.86. The summed E-state index contributed by atoms with van der Waals surface area (Å²) in [5, 5.41) is 13.7. The van der Waals surface area contributed by atoms with E-state index in [2.05, 4.69) is 15.2 Å². The Morgan fingerprint density at radius 1 is 1.39 bits per heavy atom. The van der Waals surface area contributed by atoms with Crippen LogP contribution >= 0.6 is 11.3 Å². The first kappa shape index (κ1) is 11.9. The van der Waals surface area contributed by atoms with Gasteiger partial charge in [0, 0.05) is 30.9 Å². The molecule has 98 valence electrons. The number of aryl methyl sites for hydroxylation is 1. The zero-order chi connectivity index (χ0) is 12.5. The van der Waals surface area contributed by atoms with E-state index in [9.17, 15) is 9.90 Å². The molecule has 0 spiro atoms. The van der Waals surface area contributed by atoms with Gasteiger partial charge in [-0.25, -0.2) is 4.98 Å². The van der Waals surface area contributed by atoms with Crippen LogP contribution in [0.4, 0.5) is 5.13 Å². The maximum atomic E-state index is 11.3. The van der Waals surface area contributed by atoms with Crippen LogP contribution < -0.4 is 10.2 Å². The minimum atomic E-state index is -0.398. The lowest BCUT2D eigenvalue weighted by atomic mass is 10.0. The highest BCUT2D eigenvalue weighted by atomic mass is 32.1. The second-order valence-electron chi connectivity index (χ2n) is 4.80. The van der Waals surface area contributed by atoms with Crippen LogP contribution in [0.2, 0.25) is 0 Å². The Labute approximate surface area is 110 Å². The van der Waals surface area contributed by atoms with Crippen molar-refractivity contribution < 1.29 is 9.90 Å². The molecule has 2 heterocycles. The van der Waals surface area contributed by atoms with Crippen molar-refractivity contribution in [3.63, 3.8) is 0 Å². The summed E-state index contributed by atoms with van der Waals surface area (Å²) in [7, 11) is 0. The van der Waals surface area contributed by atoms with Gasteiger partial charge in [-0.1, -0.05) is 0 Å². The molecule has 1 saturated heterocycles. The number of anilines is 1. The van der Waals surface area contributed by atoms with E-state index in [0.717, 1.165) is 36.6 Å². The van der Waals surface area contributed by atoms with Crippen molar-refractivity contribution in [2.45, 2.75) is 31.8 Å². The molecule has 18 heavy (non-hydrogen) atoms. The molecule has 0 bridgehead atoms. The summed E-state index contributed by atoms with van der Waals surface area (Å²) in [6.07, 6.45) is 3.00. The van der Waals surface area contributed by atoms with Crippen LogP contribution in [0.15, 0.2) is 0 Å². The van der Waals surface area contributed by atoms with Gasteiger partial charge >= 0.3 is 0 Å². The van der Waals surface area contributed by atoms with Gasteiger partial charge in [-0.05, 0) is 19.3 Å². The van der Waals surface area contributed by atoms with Crippen LogP contribution in [-0.4, -0.2) is 35.6 Å². The highest BCUT2D eigenvalue weighted by Crippen LogP contribution is 2.36. The topological polar surface area (TPSA) is 65.5 Å². The quantitative estimate of drug-likeness (QED) is 0.791. The SMILES string of the molecule is O=C1CCN(c2nc3c(s2)CCCC3O)CCN1. The van der Waals surface area contributed by atoms with Gasteiger partial charge in [0.05, 0.1) is 11.8 Å². The summed E-state index contributed by atoms with van der Waals surface area (Å²) in [4.78, 5) is 19.3. The number of hydrogen-bond donors (Lipinski definition) is 2. The van der Waals surface area contributed by atoms with E-state index in [1.807, 2.05) is 0 Å². The number of hydrogen-bond acceptors (Lipinski definition) is 5. The summed E-state index contributed by atoms with van der Waals surface area (Å²) in [6.45, 7) is 2.19. The smallest absolute Gasteiger partial charge is 0.221 e. The maximum absolute atomic E-state index is 11.3. The van der Waals surface area contributed by atoms with Crippen molar-refractivity contribution in [3.05, 3.63) is 10.6 Å². The van der Waals surface area contributed by atoms with Crippen molar-refractivity contribution in [2.24, 2.45) is 0 Å². The summed E-state index contributed by atoms with van der Waals surface area (Å²) >= 11 is 1.67. The molecule has 1 atom stereocenters. The number of carbonyl (C=O) groups excluding carboxylic acids is 1. The maximum Gasteiger partial charge on any atom is 0.221 e. The lowest BCUT2D eigenvalue weighted by Gasteiger charge is -2.17. The minimum Gasteiger partial charge on any atom is -0.387 e. The molecule has 1 unspecified atom stereocenters. The Balaban J connectivity index is 1.81. The van der Waals surface area contributed by atoms with Gasteiger partial charge in [-0.3, -0.25) is 4.79 Å². The van der Waals surface area contributed by atoms with Gasteiger partial charge in [0.2, 0.25) is 5.91 Å². The van der Waals surface area contributed by atoms with E-state index < -0.39 is 6.10 Å². The molecule has 5 nitrogen and oxygen atoms in total. The number of nitrogens with one attached hydrogen (secondary N) is 1. The Morgan fingerprint density at radius 2 is 2.28 bits per heavy atom. The molecule has 2 N–H and O–H groups in total. The zero-order valence-electron chi connectivity index (χ0n) is 10.2. The van der Waals surface area contributed by atoms with Crippen LogP contribution in [-0.2, 0) is 11.2 Å². The molecule has 6 heteroatoms. The Hall–Kier alpha value is -1.14. The molecule has 1 aromatic heterocycles. The Kier molecular flexibility index (Phi) is 3.22. The molecule has 3 rings (SSSR count). The second kappa shape index (κ2) is 4.85. The largest absolute Gasteiger partial charge is 0.387 e. The van der Waals surface area contributed by atoms with E-state index in [-0.39, 0.29) is 5.91 Å². The number of carbonyl (C=O) groups is 1. The van der Waals surface area contributed by atoms with Crippen LogP contribution in [0, 0.1) is 0 Å². The zero-order valence-corrected chi connectivity index (χ0v) is 11.0. The minimum absolute atomic E-state index is 0.110. The first-order chi connectivity index (χ1) is 8.74. The summed E-state index contributed by atoms with van der Waals surface area (Å²) in [5.41, 5.74) is 0.866. The fourth-order valence-corrected chi connectivity index (χ4v) is 3.69. The molecular weight excluding hydrogens is 250 g/mol. The third-order valence-corrected chi connectivity index (χ3v) is 4.69. The molecule has 1 aromatic rings. The van der Waals surface area contributed by atoms with Crippen LogP contribution in [0.3, 0.4) is 0 Å². The number of fused-ring (bicyclic) bond motifs is 1. The predicted octanol–water partition coefficient (Wildman–Crippen LogP) is 0.839. The Bertz CT molecular complexity index is 460. The third kappa shape index (κ3) is 2.22. The summed E-state index contributed by atoms with van der Waals surface area (Å²) in [5.74, 6) is 0.110. The number of thiazole rings is 1. The fourth-order valence-electron chi connectivity index (χ4n) is 2.48. The van der Waals surface area contributed by atoms with E-state index >= 15 is 0 Å². The number of nitrogens with zero attached hydrogens (tertiary/aromatic N) is 2. The molecular formula is C12H17N3O2S. The van der Waals surface area contributed by atoms with Crippen LogP contribution in [0.25, 0.3) is 0 Å². The van der Waals surface area contributed by atoms with Crippen molar-refractivity contribution in [1.29, 1.82) is 0 Å². The first-order valence-corrected chi connectivity index (χ1v) is 7.25. The molecule has 1 aliphatic carbocycles. The number of rotatable bonds is 1. The lowest BCUT2D eigenvalue weighted by Crippen LogP contribution is -2.28. The number of aliphatic hydroxyl groups excluding tert-OH is 1. The molecule has 1 aliphatic heterocycles. The van der Waals surface area contributed by atoms with Gasteiger partial charge < -0.3 is 15.3 Å². The lowest BCUT2D eigenvalue weighted by molar-refractivity contribution is -0.120. The molecule has 1 amide bonds. The van der Waals surface area contributed by atoms with Gasteiger partial charge in [0.25, 0.3) is 0 Å². The molecule has 2 aliphatic rings. The average Bonchev–Trinajstić information content (AvgIpc) is 2.67. The van der Waals surface area contributed by atoms with Crippen molar-refractivity contribution in [1.82, 2.24) is 10.3 Å². The monoisotopic (exact) mass is 267 g/mol. The first-order valence-electron chi connectivity index (χ1n) is 6.43. The van der Waals surface area contributed by atoms with Crippen LogP contribution in [0.1, 0.15) is 35.9 Å². The summed E-state index contributed by atoms with van der Waals surface area (Å²) < 4.78 is 0. The third-order valence-electron chi connectivity index (χ3n) is 3.50. The van der Waals surface area contributed by atoms with Gasteiger partial charge in [0.1, 0.15) is 0 Å². The molecule has 0 aromatic carbocycles. The summed E-state index contributed by atoms with van der Waals surface area (Å²) in [6, 6.07) is 0. The van der Waals surface area contributed by atoms with Crippen LogP contribution in [0.5, 0.6) is 0 Å². The average molecular weight is 267 g/mol. The molecule has 1 fully saturated rings. The van der Waals surface area contributed by atoms with E-state index in [0.29, 0.717) is 19.5 Å². The highest BCUT2D eigenvalue weighted by Gasteiger charge is 2.25.